The van der Waals surface area contributed by atoms with Gasteiger partial charge in [0.1, 0.15) is 73.8 Å². The van der Waals surface area contributed by atoms with Crippen molar-refractivity contribution in [3.63, 3.8) is 0 Å². The zero-order valence-electron chi connectivity index (χ0n) is 18.4. The summed E-state index contributed by atoms with van der Waals surface area (Å²) in [5.41, 5.74) is 0. The predicted octanol–water partition coefficient (Wildman–Crippen LogP) is -8.98. The summed E-state index contributed by atoms with van der Waals surface area (Å²) in [4.78, 5) is 0. The van der Waals surface area contributed by atoms with E-state index in [4.69, 9.17) is 55.1 Å². The minimum atomic E-state index is -2.22. The Balaban J connectivity index is 0.000000434. The Labute approximate surface area is 198 Å². The predicted molar refractivity (Wildman–Crippen MR) is 107 cm³/mol. The number of rotatable bonds is 10. The molecule has 0 saturated carbocycles. The van der Waals surface area contributed by atoms with Crippen molar-refractivity contribution < 1.29 is 85.7 Å². The van der Waals surface area contributed by atoms with Crippen LogP contribution in [-0.4, -0.2) is 184 Å². The molecular weight excluding hydrogens is 488 g/mol. The van der Waals surface area contributed by atoms with Crippen LogP contribution < -0.4 is 0 Å². The summed E-state index contributed by atoms with van der Waals surface area (Å²) in [6, 6.07) is 0. The van der Waals surface area contributed by atoms with E-state index in [2.05, 4.69) is 0 Å². The van der Waals surface area contributed by atoms with Crippen molar-refractivity contribution in [2.75, 3.05) is 33.0 Å². The first kappa shape index (κ1) is 32.3. The molecule has 17 nitrogen and oxygen atoms in total. The Morgan fingerprint density at radius 2 is 1.14 bits per heavy atom. The highest BCUT2D eigenvalue weighted by atomic mass is 16.8. The first-order valence-electron chi connectivity index (χ1n) is 10.5. The summed E-state index contributed by atoms with van der Waals surface area (Å²) in [7, 11) is 0. The first-order valence-corrected chi connectivity index (χ1v) is 10.5. The lowest BCUT2D eigenvalue weighted by atomic mass is 9.99. The van der Waals surface area contributed by atoms with Crippen molar-refractivity contribution in [3.8, 4) is 0 Å². The van der Waals surface area contributed by atoms with Crippen LogP contribution in [0.3, 0.4) is 0 Å². The Hall–Kier alpha value is -0.680. The summed E-state index contributed by atoms with van der Waals surface area (Å²) >= 11 is 0. The van der Waals surface area contributed by atoms with E-state index in [1.165, 1.54) is 0 Å². The lowest BCUT2D eigenvalue weighted by molar-refractivity contribution is -0.383. The first-order chi connectivity index (χ1) is 16.3. The molecule has 2 saturated heterocycles. The smallest absolute Gasteiger partial charge is 0.224 e. The molecule has 13 atom stereocenters. The second-order valence-electron chi connectivity index (χ2n) is 8.04. The van der Waals surface area contributed by atoms with Crippen LogP contribution >= 0.6 is 0 Å². The number of ether oxygens (including phenoxy) is 3. The summed E-state index contributed by atoms with van der Waals surface area (Å²) < 4.78 is 15.4. The third kappa shape index (κ3) is 7.43. The Morgan fingerprint density at radius 1 is 0.657 bits per heavy atom. The van der Waals surface area contributed by atoms with Gasteiger partial charge in [0.15, 0.2) is 6.29 Å². The minimum absolute atomic E-state index is 0.669. The molecule has 2 aliphatic heterocycles. The monoisotopic (exact) mass is 524 g/mol. The molecule has 2 rings (SSSR count). The van der Waals surface area contributed by atoms with Crippen LogP contribution in [0.25, 0.3) is 0 Å². The molecule has 2 heterocycles. The molecule has 14 N–H and O–H groups in total. The fourth-order valence-corrected chi connectivity index (χ4v) is 3.30. The zero-order valence-corrected chi connectivity index (χ0v) is 18.4. The van der Waals surface area contributed by atoms with E-state index in [9.17, 15) is 30.6 Å². The van der Waals surface area contributed by atoms with Gasteiger partial charge in [0, 0.05) is 0 Å². The quantitative estimate of drug-likeness (QED) is 0.126. The fourth-order valence-electron chi connectivity index (χ4n) is 3.30. The van der Waals surface area contributed by atoms with E-state index < -0.39 is 112 Å². The number of hydrogen-bond donors (Lipinski definition) is 14. The standard InChI is InChI=1S/C12H22O11.C6H14O6/c13-1-4-6(16)8(18)9(19)11(21-4)23-12(3-15)10(20)7(17)5(2-14)22-12;7-1-3(9)5(11)6(12)4(10)2-8/h4-11,13-20H,1-3H2;3-12H,1-2H2/t;3-,4-,5-,6-/m.1/s1. The zero-order chi connectivity index (χ0) is 27.1. The molecule has 17 heteroatoms. The van der Waals surface area contributed by atoms with Crippen LogP contribution in [0, 0.1) is 0 Å². The SMILES string of the molecule is OCC1OC(OC2(CO)OC(CO)C(O)C2O)C(O)C(O)C1O.OC[C@@H](O)[C@@H](O)[C@H](O)[C@H](O)CO. The minimum Gasteiger partial charge on any atom is -0.394 e. The molecule has 0 aliphatic carbocycles. The summed E-state index contributed by atoms with van der Waals surface area (Å²) in [6.45, 7) is -3.77. The largest absolute Gasteiger partial charge is 0.394 e. The van der Waals surface area contributed by atoms with Crippen molar-refractivity contribution >= 4 is 0 Å². The molecule has 210 valence electrons. The van der Waals surface area contributed by atoms with Crippen LogP contribution in [-0.2, 0) is 14.2 Å². The van der Waals surface area contributed by atoms with E-state index >= 15 is 0 Å². The van der Waals surface area contributed by atoms with Gasteiger partial charge in [-0.25, -0.2) is 0 Å². The fraction of sp³-hybridized carbons (Fsp3) is 1.00. The lowest BCUT2D eigenvalue weighted by Crippen LogP contribution is -2.62. The maximum atomic E-state index is 10.00. The third-order valence-corrected chi connectivity index (χ3v) is 5.58. The number of aliphatic hydroxyl groups excluding tert-OH is 14. The van der Waals surface area contributed by atoms with Crippen LogP contribution in [0.5, 0.6) is 0 Å². The lowest BCUT2D eigenvalue weighted by Gasteiger charge is -2.43. The van der Waals surface area contributed by atoms with Crippen LogP contribution in [0.2, 0.25) is 0 Å². The molecule has 2 fully saturated rings. The van der Waals surface area contributed by atoms with Crippen LogP contribution in [0.15, 0.2) is 0 Å². The van der Waals surface area contributed by atoms with Crippen LogP contribution in [0.1, 0.15) is 0 Å². The molecule has 0 aromatic rings. The number of hydrogen-bond acceptors (Lipinski definition) is 17. The van der Waals surface area contributed by atoms with Gasteiger partial charge in [0.25, 0.3) is 0 Å². The van der Waals surface area contributed by atoms with Gasteiger partial charge in [0.2, 0.25) is 5.79 Å². The summed E-state index contributed by atoms with van der Waals surface area (Å²) in [5, 5.41) is 129. The average Bonchev–Trinajstić information content (AvgIpc) is 3.12. The highest BCUT2D eigenvalue weighted by molar-refractivity contribution is 4.98. The van der Waals surface area contributed by atoms with Gasteiger partial charge in [-0.3, -0.25) is 0 Å². The van der Waals surface area contributed by atoms with Gasteiger partial charge in [-0.2, -0.15) is 0 Å². The Bertz CT molecular complexity index is 583. The van der Waals surface area contributed by atoms with E-state index in [1.54, 1.807) is 0 Å². The molecule has 35 heavy (non-hydrogen) atoms. The highest BCUT2D eigenvalue weighted by Gasteiger charge is 2.58. The van der Waals surface area contributed by atoms with Crippen molar-refractivity contribution in [2.24, 2.45) is 0 Å². The molecule has 0 bridgehead atoms. The second-order valence-corrected chi connectivity index (χ2v) is 8.04. The molecule has 0 amide bonds. The Kier molecular flexibility index (Phi) is 13.2. The van der Waals surface area contributed by atoms with Gasteiger partial charge < -0.3 is 85.7 Å². The normalized spacial score (nSPS) is 41.0. The van der Waals surface area contributed by atoms with Gasteiger partial charge in [-0.05, 0) is 0 Å². The third-order valence-electron chi connectivity index (χ3n) is 5.58. The Morgan fingerprint density at radius 3 is 1.51 bits per heavy atom. The summed E-state index contributed by atoms with van der Waals surface area (Å²) in [5.74, 6) is -2.22. The topological polar surface area (TPSA) is 311 Å². The van der Waals surface area contributed by atoms with Crippen molar-refractivity contribution in [3.05, 3.63) is 0 Å². The van der Waals surface area contributed by atoms with Crippen molar-refractivity contribution in [2.45, 2.75) is 79.2 Å². The maximum absolute atomic E-state index is 10.00. The highest BCUT2D eigenvalue weighted by Crippen LogP contribution is 2.35. The molecule has 0 aromatic heterocycles. The molecule has 0 aromatic carbocycles. The maximum Gasteiger partial charge on any atom is 0.224 e. The van der Waals surface area contributed by atoms with Crippen molar-refractivity contribution in [1.29, 1.82) is 0 Å². The molecule has 0 radical (unpaired) electrons. The molecule has 2 aliphatic rings. The van der Waals surface area contributed by atoms with Crippen LogP contribution in [0.4, 0.5) is 0 Å². The van der Waals surface area contributed by atoms with Crippen molar-refractivity contribution in [1.82, 2.24) is 0 Å². The summed E-state index contributed by atoms with van der Waals surface area (Å²) in [6.07, 6.45) is -19.0. The number of aliphatic hydroxyl groups is 14. The van der Waals surface area contributed by atoms with Gasteiger partial charge in [-0.1, -0.05) is 0 Å². The molecule has 0 spiro atoms. The van der Waals surface area contributed by atoms with Gasteiger partial charge in [0.05, 0.1) is 26.4 Å². The van der Waals surface area contributed by atoms with E-state index in [0.29, 0.717) is 0 Å². The molecule has 9 unspecified atom stereocenters. The van der Waals surface area contributed by atoms with E-state index in [0.717, 1.165) is 0 Å². The van der Waals surface area contributed by atoms with Gasteiger partial charge >= 0.3 is 0 Å². The van der Waals surface area contributed by atoms with E-state index in [-0.39, 0.29) is 0 Å². The van der Waals surface area contributed by atoms with E-state index in [1.807, 2.05) is 0 Å². The molecular formula is C18H36O17. The second kappa shape index (κ2) is 14.3. The average molecular weight is 524 g/mol. The van der Waals surface area contributed by atoms with Gasteiger partial charge in [-0.15, -0.1) is 0 Å².